The van der Waals surface area contributed by atoms with Gasteiger partial charge in [0.05, 0.1) is 11.4 Å². The molecule has 0 aliphatic rings. The van der Waals surface area contributed by atoms with Gasteiger partial charge < -0.3 is 9.32 Å². The van der Waals surface area contributed by atoms with E-state index >= 15 is 0 Å². The first-order valence-electron chi connectivity index (χ1n) is 20.1. The third-order valence-corrected chi connectivity index (χ3v) is 13.0. The maximum Gasteiger partial charge on any atom is 0.159 e. The number of para-hydroxylation sites is 2. The highest BCUT2D eigenvalue weighted by molar-refractivity contribution is 7.25. The number of hydrogen-bond donors (Lipinski definition) is 0. The SMILES string of the molecule is c1ccc(-c2cccc(-c3c(N(c4ccc(-c5ccc6c(c5)sc5ccccc56)cc4)c4cccc5c4oc4ccccc45)c4ccccc4c4ccccc34)c2)cc1. The summed E-state index contributed by atoms with van der Waals surface area (Å²) in [6.07, 6.45) is 0. The first-order chi connectivity index (χ1) is 29.3. The normalized spacial score (nSPS) is 11.7. The Labute approximate surface area is 345 Å². The van der Waals surface area contributed by atoms with Crippen molar-refractivity contribution in [2.24, 2.45) is 0 Å². The first kappa shape index (κ1) is 33.7. The second kappa shape index (κ2) is 13.6. The van der Waals surface area contributed by atoms with Crippen molar-refractivity contribution in [1.82, 2.24) is 0 Å². The molecule has 0 unspecified atom stereocenters. The molecule has 3 heteroatoms. The van der Waals surface area contributed by atoms with Crippen LogP contribution in [0.5, 0.6) is 0 Å². The van der Waals surface area contributed by atoms with Gasteiger partial charge >= 0.3 is 0 Å². The molecule has 0 aliphatic heterocycles. The van der Waals surface area contributed by atoms with Crippen LogP contribution in [-0.2, 0) is 0 Å². The Morgan fingerprint density at radius 1 is 0.339 bits per heavy atom. The molecule has 0 spiro atoms. The maximum absolute atomic E-state index is 6.85. The van der Waals surface area contributed by atoms with Crippen LogP contribution in [-0.4, -0.2) is 0 Å². The van der Waals surface area contributed by atoms with Crippen LogP contribution in [0.1, 0.15) is 0 Å². The molecule has 2 aromatic heterocycles. The molecule has 0 aliphatic carbocycles. The van der Waals surface area contributed by atoms with E-state index < -0.39 is 0 Å². The van der Waals surface area contributed by atoms with Crippen LogP contribution >= 0.6 is 11.3 Å². The smallest absolute Gasteiger partial charge is 0.159 e. The molecule has 0 amide bonds. The average molecular weight is 770 g/mol. The van der Waals surface area contributed by atoms with Gasteiger partial charge in [0.25, 0.3) is 0 Å². The molecule has 59 heavy (non-hydrogen) atoms. The average Bonchev–Trinajstić information content (AvgIpc) is 3.88. The highest BCUT2D eigenvalue weighted by Gasteiger charge is 2.26. The number of thiophene rings is 1. The van der Waals surface area contributed by atoms with Crippen LogP contribution in [0, 0.1) is 0 Å². The van der Waals surface area contributed by atoms with E-state index in [9.17, 15) is 0 Å². The standard InChI is InChI=1S/C56H35NOS/c1-2-14-36(15-3-1)38-16-12-17-40(34-38)54-47-22-6-4-18-42(47)43-19-5-7-23-48(43)55(54)57(50-25-13-24-49-44-20-8-10-26-51(44)58-56(49)50)41-31-28-37(29-32-41)39-30-33-46-45-21-9-11-27-52(45)59-53(46)35-39/h1-35H. The fourth-order valence-electron chi connectivity index (χ4n) is 9.14. The second-order valence-corrected chi connectivity index (χ2v) is 16.3. The Balaban J connectivity index is 1.14. The molecule has 2 nitrogen and oxygen atoms in total. The minimum atomic E-state index is 0.856. The van der Waals surface area contributed by atoms with Crippen molar-refractivity contribution in [2.75, 3.05) is 4.90 Å². The highest BCUT2D eigenvalue weighted by atomic mass is 32.1. The lowest BCUT2D eigenvalue weighted by molar-refractivity contribution is 0.669. The number of furan rings is 1. The zero-order chi connectivity index (χ0) is 38.9. The van der Waals surface area contributed by atoms with Crippen molar-refractivity contribution in [2.45, 2.75) is 0 Å². The van der Waals surface area contributed by atoms with Gasteiger partial charge in [0.2, 0.25) is 0 Å². The Morgan fingerprint density at radius 2 is 0.898 bits per heavy atom. The van der Waals surface area contributed by atoms with E-state index in [1.807, 2.05) is 17.4 Å². The van der Waals surface area contributed by atoms with Gasteiger partial charge in [-0.25, -0.2) is 0 Å². The number of rotatable bonds is 6. The first-order valence-corrected chi connectivity index (χ1v) is 20.9. The van der Waals surface area contributed by atoms with Gasteiger partial charge in [-0.05, 0) is 86.4 Å². The van der Waals surface area contributed by atoms with Crippen molar-refractivity contribution < 1.29 is 4.42 Å². The van der Waals surface area contributed by atoms with E-state index in [-0.39, 0.29) is 0 Å². The highest BCUT2D eigenvalue weighted by Crippen LogP contribution is 2.52. The summed E-state index contributed by atoms with van der Waals surface area (Å²) >= 11 is 1.86. The third kappa shape index (κ3) is 5.47. The molecule has 0 radical (unpaired) electrons. The molecule has 10 aromatic carbocycles. The Morgan fingerprint density at radius 3 is 1.73 bits per heavy atom. The second-order valence-electron chi connectivity index (χ2n) is 15.2. The van der Waals surface area contributed by atoms with Gasteiger partial charge in [0.1, 0.15) is 5.58 Å². The number of anilines is 3. The van der Waals surface area contributed by atoms with Crippen LogP contribution in [0.15, 0.2) is 217 Å². The number of benzene rings is 10. The predicted octanol–water partition coefficient (Wildman–Crippen LogP) is 16.7. The van der Waals surface area contributed by atoms with Crippen LogP contribution in [0.25, 0.3) is 97.0 Å². The lowest BCUT2D eigenvalue weighted by Gasteiger charge is -2.31. The molecular formula is C56H35NOS. The number of fused-ring (bicyclic) bond motifs is 9. The largest absolute Gasteiger partial charge is 0.454 e. The van der Waals surface area contributed by atoms with Crippen molar-refractivity contribution in [1.29, 1.82) is 0 Å². The van der Waals surface area contributed by atoms with Crippen LogP contribution < -0.4 is 4.90 Å². The summed E-state index contributed by atoms with van der Waals surface area (Å²) in [4.78, 5) is 2.45. The van der Waals surface area contributed by atoms with E-state index in [0.717, 1.165) is 44.6 Å². The Kier molecular flexibility index (Phi) is 7.75. The summed E-state index contributed by atoms with van der Waals surface area (Å²) in [5, 5.41) is 9.61. The fourth-order valence-corrected chi connectivity index (χ4v) is 10.3. The summed E-state index contributed by atoms with van der Waals surface area (Å²) in [6, 6.07) is 77.0. The third-order valence-electron chi connectivity index (χ3n) is 11.8. The van der Waals surface area contributed by atoms with Crippen LogP contribution in [0.4, 0.5) is 17.1 Å². The van der Waals surface area contributed by atoms with E-state index in [4.69, 9.17) is 4.42 Å². The summed E-state index contributed by atoms with van der Waals surface area (Å²) in [6.45, 7) is 0. The summed E-state index contributed by atoms with van der Waals surface area (Å²) < 4.78 is 9.47. The Hall–Kier alpha value is -7.46. The molecule has 12 aromatic rings. The van der Waals surface area contributed by atoms with Crippen molar-refractivity contribution in [3.05, 3.63) is 212 Å². The zero-order valence-corrected chi connectivity index (χ0v) is 32.8. The van der Waals surface area contributed by atoms with E-state index in [1.54, 1.807) is 0 Å². The van der Waals surface area contributed by atoms with E-state index in [2.05, 4.69) is 211 Å². The predicted molar refractivity (Wildman–Crippen MR) is 253 cm³/mol. The lowest BCUT2D eigenvalue weighted by atomic mass is 9.88. The van der Waals surface area contributed by atoms with Gasteiger partial charge in [0, 0.05) is 47.6 Å². The quantitative estimate of drug-likeness (QED) is 0.157. The van der Waals surface area contributed by atoms with Crippen molar-refractivity contribution in [3.8, 4) is 33.4 Å². The minimum absolute atomic E-state index is 0.856. The van der Waals surface area contributed by atoms with Gasteiger partial charge in [-0.15, -0.1) is 11.3 Å². The molecular weight excluding hydrogens is 735 g/mol. The number of nitrogens with zero attached hydrogens (tertiary/aromatic N) is 1. The molecule has 0 fully saturated rings. The van der Waals surface area contributed by atoms with Gasteiger partial charge in [0.15, 0.2) is 5.58 Å². The van der Waals surface area contributed by atoms with Gasteiger partial charge in [-0.2, -0.15) is 0 Å². The van der Waals surface area contributed by atoms with Crippen molar-refractivity contribution >= 4 is 92.1 Å². The van der Waals surface area contributed by atoms with E-state index in [1.165, 1.54) is 69.5 Å². The van der Waals surface area contributed by atoms with Crippen LogP contribution in [0.2, 0.25) is 0 Å². The Bertz CT molecular complexity index is 3560. The zero-order valence-electron chi connectivity index (χ0n) is 32.0. The van der Waals surface area contributed by atoms with Gasteiger partial charge in [-0.3, -0.25) is 0 Å². The number of hydrogen-bond acceptors (Lipinski definition) is 3. The van der Waals surface area contributed by atoms with E-state index in [0.29, 0.717) is 0 Å². The van der Waals surface area contributed by atoms with Gasteiger partial charge in [-0.1, -0.05) is 170 Å². The molecule has 0 saturated heterocycles. The lowest BCUT2D eigenvalue weighted by Crippen LogP contribution is -2.12. The maximum atomic E-state index is 6.85. The minimum Gasteiger partial charge on any atom is -0.454 e. The fraction of sp³-hybridized carbons (Fsp3) is 0. The molecule has 12 rings (SSSR count). The molecule has 0 bridgehead atoms. The summed E-state index contributed by atoms with van der Waals surface area (Å²) in [5.41, 5.74) is 11.9. The molecule has 0 atom stereocenters. The summed E-state index contributed by atoms with van der Waals surface area (Å²) in [5.74, 6) is 0. The topological polar surface area (TPSA) is 16.4 Å². The molecule has 0 saturated carbocycles. The van der Waals surface area contributed by atoms with Crippen molar-refractivity contribution in [3.63, 3.8) is 0 Å². The molecule has 276 valence electrons. The van der Waals surface area contributed by atoms with Crippen LogP contribution in [0.3, 0.4) is 0 Å². The summed E-state index contributed by atoms with van der Waals surface area (Å²) in [7, 11) is 0. The monoisotopic (exact) mass is 769 g/mol. The molecule has 2 heterocycles. The molecule has 0 N–H and O–H groups in total.